The maximum atomic E-state index is 13.2. The third kappa shape index (κ3) is 3.45. The van der Waals surface area contributed by atoms with E-state index in [0.29, 0.717) is 23.5 Å². The van der Waals surface area contributed by atoms with Gasteiger partial charge in [-0.3, -0.25) is 4.68 Å². The maximum Gasteiger partial charge on any atom is 0.299 e. The SMILES string of the molecule is Cc1cc2nc(C(F)F)nn2cc1C1=CCN(S(=O)(=O)c2cnn3c2CCCC3)CC1. The Balaban J connectivity index is 1.42. The van der Waals surface area contributed by atoms with E-state index >= 15 is 0 Å². The number of aryl methyl sites for hydroxylation is 2. The highest BCUT2D eigenvalue weighted by molar-refractivity contribution is 7.89. The van der Waals surface area contributed by atoms with Crippen LogP contribution in [0, 0.1) is 6.92 Å². The number of hydrogen-bond acceptors (Lipinski definition) is 5. The molecule has 0 unspecified atom stereocenters. The third-order valence-corrected chi connectivity index (χ3v) is 7.88. The number of halogens is 2. The number of alkyl halides is 2. The van der Waals surface area contributed by atoms with Crippen LogP contribution in [0.5, 0.6) is 0 Å². The van der Waals surface area contributed by atoms with E-state index in [9.17, 15) is 17.2 Å². The zero-order valence-electron chi connectivity index (χ0n) is 17.0. The largest absolute Gasteiger partial charge is 0.299 e. The predicted molar refractivity (Wildman–Crippen MR) is 109 cm³/mol. The summed E-state index contributed by atoms with van der Waals surface area (Å²) in [5.41, 5.74) is 3.87. The summed E-state index contributed by atoms with van der Waals surface area (Å²) in [5, 5.41) is 8.11. The maximum absolute atomic E-state index is 13.2. The van der Waals surface area contributed by atoms with Gasteiger partial charge in [-0.05, 0) is 55.4 Å². The summed E-state index contributed by atoms with van der Waals surface area (Å²) in [6, 6.07) is 1.72. The van der Waals surface area contributed by atoms with Crippen LogP contribution in [0.1, 0.15) is 48.3 Å². The van der Waals surface area contributed by atoms with Crippen LogP contribution < -0.4 is 0 Å². The number of rotatable bonds is 4. The van der Waals surface area contributed by atoms with Gasteiger partial charge in [0.15, 0.2) is 5.65 Å². The molecular formula is C20H22F2N6O2S. The normalized spacial score (nSPS) is 17.9. The first kappa shape index (κ1) is 20.3. The molecule has 0 N–H and O–H groups in total. The minimum atomic E-state index is -3.62. The molecule has 0 bridgehead atoms. The molecule has 164 valence electrons. The fourth-order valence-corrected chi connectivity index (χ4v) is 5.90. The predicted octanol–water partition coefficient (Wildman–Crippen LogP) is 2.99. The van der Waals surface area contributed by atoms with Crippen LogP contribution >= 0.6 is 0 Å². The quantitative estimate of drug-likeness (QED) is 0.613. The van der Waals surface area contributed by atoms with E-state index in [4.69, 9.17) is 0 Å². The molecule has 2 aliphatic heterocycles. The van der Waals surface area contributed by atoms with Gasteiger partial charge in [0, 0.05) is 25.8 Å². The summed E-state index contributed by atoms with van der Waals surface area (Å²) in [6.45, 7) is 3.23. The highest BCUT2D eigenvalue weighted by Gasteiger charge is 2.32. The highest BCUT2D eigenvalue weighted by atomic mass is 32.2. The molecule has 31 heavy (non-hydrogen) atoms. The van der Waals surface area contributed by atoms with Crippen molar-refractivity contribution in [2.45, 2.75) is 50.5 Å². The number of aromatic nitrogens is 5. The van der Waals surface area contributed by atoms with Crippen molar-refractivity contribution in [1.82, 2.24) is 28.7 Å². The van der Waals surface area contributed by atoms with Gasteiger partial charge in [0.1, 0.15) is 4.90 Å². The summed E-state index contributed by atoms with van der Waals surface area (Å²) in [6.07, 6.45) is 5.54. The first-order valence-electron chi connectivity index (χ1n) is 10.2. The minimum absolute atomic E-state index is 0.249. The van der Waals surface area contributed by atoms with E-state index in [0.717, 1.165) is 48.2 Å². The molecule has 0 amide bonds. The lowest BCUT2D eigenvalue weighted by Crippen LogP contribution is -2.35. The third-order valence-electron chi connectivity index (χ3n) is 5.97. The van der Waals surface area contributed by atoms with Gasteiger partial charge in [-0.25, -0.2) is 26.7 Å². The lowest BCUT2D eigenvalue weighted by atomic mass is 9.98. The van der Waals surface area contributed by atoms with Gasteiger partial charge in [-0.2, -0.15) is 9.40 Å². The summed E-state index contributed by atoms with van der Waals surface area (Å²) in [5.74, 6) is -0.504. The van der Waals surface area contributed by atoms with E-state index in [1.807, 2.05) is 13.0 Å². The van der Waals surface area contributed by atoms with Crippen LogP contribution in [0.2, 0.25) is 0 Å². The van der Waals surface area contributed by atoms with Gasteiger partial charge in [0.25, 0.3) is 6.43 Å². The second kappa shape index (κ2) is 7.49. The smallest absolute Gasteiger partial charge is 0.268 e. The standard InChI is InChI=1S/C20H22F2N6O2S/c1-13-10-18-24-20(19(21)22)25-28(18)12-15(13)14-5-8-26(9-6-14)31(29,30)17-11-23-27-7-3-2-4-16(17)27/h5,10-12,19H,2-4,6-9H2,1H3. The molecule has 2 aliphatic rings. The molecule has 0 aromatic carbocycles. The van der Waals surface area contributed by atoms with Crippen molar-refractivity contribution < 1.29 is 17.2 Å². The Labute approximate surface area is 178 Å². The number of fused-ring (bicyclic) bond motifs is 2. The molecule has 3 aromatic rings. The average molecular weight is 448 g/mol. The van der Waals surface area contributed by atoms with Crippen molar-refractivity contribution in [2.24, 2.45) is 0 Å². The van der Waals surface area contributed by atoms with Crippen molar-refractivity contribution in [3.05, 3.63) is 47.2 Å². The lowest BCUT2D eigenvalue weighted by Gasteiger charge is -2.27. The Hall–Kier alpha value is -2.66. The Morgan fingerprint density at radius 3 is 2.74 bits per heavy atom. The van der Waals surface area contributed by atoms with Crippen LogP contribution in [-0.2, 0) is 23.0 Å². The van der Waals surface area contributed by atoms with Gasteiger partial charge in [0.05, 0.1) is 11.9 Å². The average Bonchev–Trinajstić information content (AvgIpc) is 3.37. The molecule has 3 aromatic heterocycles. The van der Waals surface area contributed by atoms with Crippen LogP contribution in [-0.4, -0.2) is 50.2 Å². The summed E-state index contributed by atoms with van der Waals surface area (Å²) >= 11 is 0. The van der Waals surface area contributed by atoms with Crippen molar-refractivity contribution >= 4 is 21.2 Å². The molecule has 0 saturated heterocycles. The number of hydrogen-bond donors (Lipinski definition) is 0. The summed E-state index contributed by atoms with van der Waals surface area (Å²) in [4.78, 5) is 4.16. The molecule has 11 heteroatoms. The molecule has 0 atom stereocenters. The van der Waals surface area contributed by atoms with Crippen molar-refractivity contribution in [2.75, 3.05) is 13.1 Å². The van der Waals surface area contributed by atoms with Gasteiger partial charge in [-0.15, -0.1) is 5.10 Å². The Morgan fingerprint density at radius 1 is 1.16 bits per heavy atom. The molecule has 0 saturated carbocycles. The molecular weight excluding hydrogens is 426 g/mol. The first-order chi connectivity index (χ1) is 14.8. The number of nitrogens with zero attached hydrogens (tertiary/aromatic N) is 6. The van der Waals surface area contributed by atoms with E-state index < -0.39 is 22.3 Å². The van der Waals surface area contributed by atoms with E-state index in [1.54, 1.807) is 16.9 Å². The monoisotopic (exact) mass is 448 g/mol. The fraction of sp³-hybridized carbons (Fsp3) is 0.450. The summed E-state index contributed by atoms with van der Waals surface area (Å²) in [7, 11) is -3.62. The fourth-order valence-electron chi connectivity index (χ4n) is 4.33. The second-order valence-corrected chi connectivity index (χ2v) is 9.83. The van der Waals surface area contributed by atoms with Gasteiger partial charge >= 0.3 is 0 Å². The highest BCUT2D eigenvalue weighted by Crippen LogP contribution is 2.30. The Morgan fingerprint density at radius 2 is 2.00 bits per heavy atom. The van der Waals surface area contributed by atoms with Crippen molar-refractivity contribution in [3.63, 3.8) is 0 Å². The first-order valence-corrected chi connectivity index (χ1v) is 11.7. The van der Waals surface area contributed by atoms with Crippen LogP contribution in [0.15, 0.2) is 29.4 Å². The molecule has 0 spiro atoms. The van der Waals surface area contributed by atoms with Crippen molar-refractivity contribution in [3.8, 4) is 0 Å². The molecule has 0 aliphatic carbocycles. The summed E-state index contributed by atoms with van der Waals surface area (Å²) < 4.78 is 56.9. The van der Waals surface area contributed by atoms with Gasteiger partial charge < -0.3 is 0 Å². The van der Waals surface area contributed by atoms with E-state index in [1.165, 1.54) is 15.0 Å². The Bertz CT molecular complexity index is 1290. The number of sulfonamides is 1. The lowest BCUT2D eigenvalue weighted by molar-refractivity contribution is 0.140. The second-order valence-electron chi connectivity index (χ2n) is 7.92. The molecule has 0 fully saturated rings. The van der Waals surface area contributed by atoms with E-state index in [2.05, 4.69) is 15.2 Å². The molecule has 0 radical (unpaired) electrons. The van der Waals surface area contributed by atoms with Gasteiger partial charge in [0.2, 0.25) is 15.8 Å². The van der Waals surface area contributed by atoms with Crippen molar-refractivity contribution in [1.29, 1.82) is 0 Å². The zero-order chi connectivity index (χ0) is 21.8. The Kier molecular flexibility index (Phi) is 4.89. The zero-order valence-corrected chi connectivity index (χ0v) is 17.8. The van der Waals surface area contributed by atoms with Crippen LogP contribution in [0.4, 0.5) is 8.78 Å². The topological polar surface area (TPSA) is 85.4 Å². The van der Waals surface area contributed by atoms with Gasteiger partial charge in [-0.1, -0.05) is 6.08 Å². The van der Waals surface area contributed by atoms with Crippen LogP contribution in [0.3, 0.4) is 0 Å². The van der Waals surface area contributed by atoms with Crippen LogP contribution in [0.25, 0.3) is 11.2 Å². The molecule has 8 nitrogen and oxygen atoms in total. The molecule has 5 heterocycles. The number of pyridine rings is 1. The minimum Gasteiger partial charge on any atom is -0.268 e. The molecule has 5 rings (SSSR count). The van der Waals surface area contributed by atoms with E-state index in [-0.39, 0.29) is 6.54 Å².